The fourth-order valence-corrected chi connectivity index (χ4v) is 2.52. The summed E-state index contributed by atoms with van der Waals surface area (Å²) in [6.45, 7) is 8.52. The van der Waals surface area contributed by atoms with Crippen molar-refractivity contribution in [2.45, 2.75) is 64.1 Å². The quantitative estimate of drug-likeness (QED) is 0.729. The fraction of sp³-hybridized carbons (Fsp3) is 0.917. The molecule has 0 spiro atoms. The van der Waals surface area contributed by atoms with Crippen LogP contribution in [-0.2, 0) is 9.31 Å². The molecule has 1 N–H and O–H groups in total. The standard InChI is InChI=1S/C12H22BNO4/c1-11(2)12(3,4)18-13(17-11)9-7-5-6-8-14(9)10(15)16/h9H,5-8H2,1-4H3,(H,15,16). The van der Waals surface area contributed by atoms with Crippen molar-refractivity contribution in [1.29, 1.82) is 0 Å². The molecule has 1 amide bonds. The highest BCUT2D eigenvalue weighted by molar-refractivity contribution is 6.47. The predicted molar refractivity (Wildman–Crippen MR) is 68.5 cm³/mol. The van der Waals surface area contributed by atoms with Crippen LogP contribution in [0.2, 0.25) is 0 Å². The number of hydrogen-bond acceptors (Lipinski definition) is 3. The maximum absolute atomic E-state index is 11.3. The molecular weight excluding hydrogens is 233 g/mol. The van der Waals surface area contributed by atoms with Crippen molar-refractivity contribution in [3.8, 4) is 0 Å². The Morgan fingerprint density at radius 1 is 1.22 bits per heavy atom. The van der Waals surface area contributed by atoms with Gasteiger partial charge in [0.1, 0.15) is 0 Å². The van der Waals surface area contributed by atoms with Gasteiger partial charge in [0.15, 0.2) is 0 Å². The Kier molecular flexibility index (Phi) is 3.36. The zero-order valence-corrected chi connectivity index (χ0v) is 11.6. The highest BCUT2D eigenvalue weighted by Gasteiger charge is 2.55. The molecule has 2 rings (SSSR count). The molecule has 0 saturated carbocycles. The van der Waals surface area contributed by atoms with Gasteiger partial charge in [-0.3, -0.25) is 0 Å². The molecule has 0 aromatic rings. The second kappa shape index (κ2) is 4.42. The van der Waals surface area contributed by atoms with Crippen molar-refractivity contribution < 1.29 is 19.2 Å². The minimum absolute atomic E-state index is 0.183. The van der Waals surface area contributed by atoms with Crippen molar-refractivity contribution in [3.63, 3.8) is 0 Å². The summed E-state index contributed by atoms with van der Waals surface area (Å²) in [6.07, 6.45) is 1.87. The van der Waals surface area contributed by atoms with E-state index < -0.39 is 24.4 Å². The van der Waals surface area contributed by atoms with Gasteiger partial charge < -0.3 is 19.3 Å². The smallest absolute Gasteiger partial charge is 0.465 e. The molecule has 2 aliphatic heterocycles. The lowest BCUT2D eigenvalue weighted by Crippen LogP contribution is -2.52. The monoisotopic (exact) mass is 255 g/mol. The molecule has 2 saturated heterocycles. The summed E-state index contributed by atoms with van der Waals surface area (Å²) in [6, 6.07) is 0. The van der Waals surface area contributed by atoms with Gasteiger partial charge >= 0.3 is 13.2 Å². The van der Waals surface area contributed by atoms with Crippen LogP contribution in [0.4, 0.5) is 4.79 Å². The SMILES string of the molecule is CC1(C)OB(C2CCCCN2C(=O)O)OC1(C)C. The number of nitrogens with zero attached hydrogens (tertiary/aromatic N) is 1. The average molecular weight is 255 g/mol. The molecule has 0 aromatic heterocycles. The molecule has 18 heavy (non-hydrogen) atoms. The number of hydrogen-bond donors (Lipinski definition) is 1. The van der Waals surface area contributed by atoms with E-state index in [4.69, 9.17) is 9.31 Å². The van der Waals surface area contributed by atoms with E-state index in [1.165, 1.54) is 4.90 Å². The van der Waals surface area contributed by atoms with Crippen molar-refractivity contribution >= 4 is 13.2 Å². The van der Waals surface area contributed by atoms with Gasteiger partial charge in [0.2, 0.25) is 0 Å². The minimum atomic E-state index is -0.880. The van der Waals surface area contributed by atoms with Crippen LogP contribution >= 0.6 is 0 Å². The van der Waals surface area contributed by atoms with Gasteiger partial charge in [0.25, 0.3) is 0 Å². The van der Waals surface area contributed by atoms with Gasteiger partial charge in [-0.05, 0) is 40.5 Å². The Morgan fingerprint density at radius 2 is 1.78 bits per heavy atom. The lowest BCUT2D eigenvalue weighted by Gasteiger charge is -2.34. The first kappa shape index (κ1) is 13.7. The third kappa shape index (κ3) is 2.23. The van der Waals surface area contributed by atoms with E-state index in [1.807, 2.05) is 27.7 Å². The van der Waals surface area contributed by atoms with Crippen LogP contribution in [0.3, 0.4) is 0 Å². The number of rotatable bonds is 1. The van der Waals surface area contributed by atoms with Crippen LogP contribution in [0.1, 0.15) is 47.0 Å². The normalized spacial score (nSPS) is 30.6. The lowest BCUT2D eigenvalue weighted by molar-refractivity contribution is 0.00578. The van der Waals surface area contributed by atoms with Gasteiger partial charge in [-0.25, -0.2) is 4.79 Å². The van der Waals surface area contributed by atoms with Crippen LogP contribution in [0.5, 0.6) is 0 Å². The number of amides is 1. The maximum atomic E-state index is 11.3. The largest absolute Gasteiger partial charge is 0.482 e. The fourth-order valence-electron chi connectivity index (χ4n) is 2.52. The summed E-state index contributed by atoms with van der Waals surface area (Å²) in [5.41, 5.74) is -0.807. The van der Waals surface area contributed by atoms with E-state index in [2.05, 4.69) is 0 Å². The van der Waals surface area contributed by atoms with Crippen molar-refractivity contribution in [1.82, 2.24) is 4.90 Å². The predicted octanol–water partition coefficient (Wildman–Crippen LogP) is 2.15. The van der Waals surface area contributed by atoms with Crippen LogP contribution in [-0.4, -0.2) is 46.9 Å². The van der Waals surface area contributed by atoms with Crippen LogP contribution in [0.15, 0.2) is 0 Å². The number of likely N-dealkylation sites (tertiary alicyclic amines) is 1. The second-order valence-corrected chi connectivity index (χ2v) is 6.16. The van der Waals surface area contributed by atoms with E-state index in [0.29, 0.717) is 6.54 Å². The second-order valence-electron chi connectivity index (χ2n) is 6.16. The Balaban J connectivity index is 2.14. The minimum Gasteiger partial charge on any atom is -0.465 e. The Hall–Kier alpha value is -0.745. The molecule has 0 aromatic carbocycles. The van der Waals surface area contributed by atoms with Crippen molar-refractivity contribution in [2.75, 3.05) is 6.54 Å². The molecule has 1 atom stereocenters. The first-order chi connectivity index (χ1) is 8.24. The molecule has 0 radical (unpaired) electrons. The van der Waals surface area contributed by atoms with Gasteiger partial charge in [-0.1, -0.05) is 6.42 Å². The third-order valence-electron chi connectivity index (χ3n) is 4.38. The van der Waals surface area contributed by atoms with E-state index in [-0.39, 0.29) is 5.94 Å². The highest BCUT2D eigenvalue weighted by Crippen LogP contribution is 2.39. The molecule has 1 unspecified atom stereocenters. The summed E-state index contributed by atoms with van der Waals surface area (Å²) in [7, 11) is -0.452. The Labute approximate surface area is 109 Å². The first-order valence-corrected chi connectivity index (χ1v) is 6.60. The van der Waals surface area contributed by atoms with Crippen LogP contribution in [0, 0.1) is 0 Å². The molecule has 5 nitrogen and oxygen atoms in total. The molecule has 2 aliphatic rings. The summed E-state index contributed by atoms with van der Waals surface area (Å²) >= 11 is 0. The molecular formula is C12H22BNO4. The number of carboxylic acid groups (broad SMARTS) is 1. The highest BCUT2D eigenvalue weighted by atomic mass is 16.7. The van der Waals surface area contributed by atoms with E-state index in [0.717, 1.165) is 19.3 Å². The van der Waals surface area contributed by atoms with Gasteiger partial charge in [-0.2, -0.15) is 0 Å². The van der Waals surface area contributed by atoms with Gasteiger partial charge in [0.05, 0.1) is 17.1 Å². The number of piperidine rings is 1. The molecule has 102 valence electrons. The summed E-state index contributed by atoms with van der Waals surface area (Å²) < 4.78 is 11.9. The van der Waals surface area contributed by atoms with Crippen LogP contribution in [0.25, 0.3) is 0 Å². The summed E-state index contributed by atoms with van der Waals surface area (Å²) in [5, 5.41) is 9.24. The zero-order chi connectivity index (χ0) is 13.6. The Morgan fingerprint density at radius 3 is 2.28 bits per heavy atom. The zero-order valence-electron chi connectivity index (χ0n) is 11.6. The van der Waals surface area contributed by atoms with E-state index in [9.17, 15) is 9.90 Å². The molecule has 2 heterocycles. The lowest BCUT2D eigenvalue weighted by atomic mass is 9.73. The average Bonchev–Trinajstić information content (AvgIpc) is 2.48. The van der Waals surface area contributed by atoms with Gasteiger partial charge in [-0.15, -0.1) is 0 Å². The van der Waals surface area contributed by atoms with E-state index in [1.54, 1.807) is 0 Å². The molecule has 0 aliphatic carbocycles. The topological polar surface area (TPSA) is 59.0 Å². The Bertz CT molecular complexity index is 329. The molecule has 2 fully saturated rings. The summed E-state index contributed by atoms with van der Waals surface area (Å²) in [4.78, 5) is 12.7. The first-order valence-electron chi connectivity index (χ1n) is 6.60. The summed E-state index contributed by atoms with van der Waals surface area (Å²) in [5.74, 6) is -0.183. The third-order valence-corrected chi connectivity index (χ3v) is 4.38. The van der Waals surface area contributed by atoms with Crippen molar-refractivity contribution in [2.24, 2.45) is 0 Å². The van der Waals surface area contributed by atoms with E-state index >= 15 is 0 Å². The number of carbonyl (C=O) groups is 1. The molecule has 0 bridgehead atoms. The van der Waals surface area contributed by atoms with Crippen molar-refractivity contribution in [3.05, 3.63) is 0 Å². The molecule has 6 heteroatoms. The van der Waals surface area contributed by atoms with Crippen LogP contribution < -0.4 is 0 Å². The maximum Gasteiger partial charge on any atom is 0.482 e. The van der Waals surface area contributed by atoms with Gasteiger partial charge in [0, 0.05) is 6.54 Å².